The van der Waals surface area contributed by atoms with E-state index in [4.69, 9.17) is 9.47 Å². The van der Waals surface area contributed by atoms with Crippen molar-refractivity contribution in [1.29, 1.82) is 0 Å². The molecule has 98 valence electrons. The summed E-state index contributed by atoms with van der Waals surface area (Å²) in [5.74, 6) is 1.00. The van der Waals surface area contributed by atoms with Gasteiger partial charge in [-0.15, -0.1) is 0 Å². The molecule has 0 saturated carbocycles. The fourth-order valence-electron chi connectivity index (χ4n) is 1.61. The second-order valence-corrected chi connectivity index (χ2v) is 4.41. The van der Waals surface area contributed by atoms with Gasteiger partial charge in [0.25, 0.3) is 0 Å². The highest BCUT2D eigenvalue weighted by atomic mass is 32.1. The fraction of sp³-hybridized carbons (Fsp3) is 1.00. The normalized spacial score (nSPS) is 11.2. The van der Waals surface area contributed by atoms with E-state index in [0.29, 0.717) is 0 Å². The summed E-state index contributed by atoms with van der Waals surface area (Å²) in [6.07, 6.45) is 4.86. The van der Waals surface area contributed by atoms with Gasteiger partial charge < -0.3 is 14.4 Å². The standard InChI is InChI=1S/C12H27NO2S/c1-14-10-6-8-13(9-11-15-2)7-4-3-5-12-16/h16H,3-12H2,1-2H3. The topological polar surface area (TPSA) is 21.7 Å². The van der Waals surface area contributed by atoms with Crippen LogP contribution in [0, 0.1) is 0 Å². The molecule has 0 aliphatic carbocycles. The van der Waals surface area contributed by atoms with Crippen LogP contribution in [0.5, 0.6) is 0 Å². The highest BCUT2D eigenvalue weighted by molar-refractivity contribution is 7.80. The minimum atomic E-state index is 0.819. The fourth-order valence-corrected chi connectivity index (χ4v) is 1.84. The maximum Gasteiger partial charge on any atom is 0.0589 e. The van der Waals surface area contributed by atoms with Gasteiger partial charge in [-0.25, -0.2) is 0 Å². The zero-order chi connectivity index (χ0) is 12.1. The minimum absolute atomic E-state index is 0.819. The summed E-state index contributed by atoms with van der Waals surface area (Å²) in [5.41, 5.74) is 0. The van der Waals surface area contributed by atoms with Crippen LogP contribution in [0.2, 0.25) is 0 Å². The summed E-state index contributed by atoms with van der Waals surface area (Å²) in [6, 6.07) is 0. The average Bonchev–Trinajstić information content (AvgIpc) is 2.31. The van der Waals surface area contributed by atoms with Crippen LogP contribution in [0.15, 0.2) is 0 Å². The Balaban J connectivity index is 3.54. The number of hydrogen-bond donors (Lipinski definition) is 1. The maximum absolute atomic E-state index is 5.12. The zero-order valence-electron chi connectivity index (χ0n) is 10.8. The van der Waals surface area contributed by atoms with Crippen LogP contribution in [-0.2, 0) is 9.47 Å². The molecule has 0 aliphatic rings. The lowest BCUT2D eigenvalue weighted by molar-refractivity contribution is 0.131. The van der Waals surface area contributed by atoms with Crippen LogP contribution in [0.4, 0.5) is 0 Å². The maximum atomic E-state index is 5.12. The molecule has 16 heavy (non-hydrogen) atoms. The number of methoxy groups -OCH3 is 2. The third-order valence-electron chi connectivity index (χ3n) is 2.57. The molecule has 0 rings (SSSR count). The molecule has 0 saturated heterocycles. The summed E-state index contributed by atoms with van der Waals surface area (Å²) in [4.78, 5) is 2.46. The first-order chi connectivity index (χ1) is 7.85. The molecule has 0 fully saturated rings. The number of ether oxygens (including phenoxy) is 2. The van der Waals surface area contributed by atoms with Crippen molar-refractivity contribution in [2.24, 2.45) is 0 Å². The molecule has 0 unspecified atom stereocenters. The lowest BCUT2D eigenvalue weighted by Gasteiger charge is -2.21. The van der Waals surface area contributed by atoms with E-state index >= 15 is 0 Å². The van der Waals surface area contributed by atoms with Gasteiger partial charge in [0.15, 0.2) is 0 Å². The summed E-state index contributed by atoms with van der Waals surface area (Å²) in [6.45, 7) is 4.97. The SMILES string of the molecule is COCCCN(CCCCCS)CCOC. The molecule has 0 amide bonds. The Kier molecular flexibility index (Phi) is 13.5. The van der Waals surface area contributed by atoms with Crippen molar-refractivity contribution in [2.45, 2.75) is 25.7 Å². The van der Waals surface area contributed by atoms with Crippen LogP contribution in [0.25, 0.3) is 0 Å². The lowest BCUT2D eigenvalue weighted by atomic mass is 10.2. The van der Waals surface area contributed by atoms with Crippen molar-refractivity contribution >= 4 is 12.6 Å². The molecule has 0 atom stereocenters. The first-order valence-corrected chi connectivity index (χ1v) is 6.79. The van der Waals surface area contributed by atoms with E-state index in [1.54, 1.807) is 14.2 Å². The third-order valence-corrected chi connectivity index (χ3v) is 2.88. The highest BCUT2D eigenvalue weighted by Gasteiger charge is 2.03. The van der Waals surface area contributed by atoms with Gasteiger partial charge in [-0.2, -0.15) is 12.6 Å². The van der Waals surface area contributed by atoms with Gasteiger partial charge in [0.05, 0.1) is 6.61 Å². The Morgan fingerprint density at radius 1 is 0.812 bits per heavy atom. The Bertz CT molecular complexity index is 136. The van der Waals surface area contributed by atoms with E-state index in [1.165, 1.54) is 25.8 Å². The van der Waals surface area contributed by atoms with E-state index < -0.39 is 0 Å². The molecular weight excluding hydrogens is 222 g/mol. The van der Waals surface area contributed by atoms with Crippen molar-refractivity contribution in [3.05, 3.63) is 0 Å². The number of thiol groups is 1. The molecule has 4 heteroatoms. The quantitative estimate of drug-likeness (QED) is 0.423. The molecule has 0 bridgehead atoms. The highest BCUT2D eigenvalue weighted by Crippen LogP contribution is 2.01. The number of rotatable bonds is 12. The van der Waals surface area contributed by atoms with E-state index in [9.17, 15) is 0 Å². The van der Waals surface area contributed by atoms with E-state index in [1.807, 2.05) is 0 Å². The van der Waals surface area contributed by atoms with Gasteiger partial charge in [-0.1, -0.05) is 6.42 Å². The predicted octanol–water partition coefficient (Wildman–Crippen LogP) is 2.07. The second kappa shape index (κ2) is 13.3. The Morgan fingerprint density at radius 2 is 1.50 bits per heavy atom. The molecule has 0 aliphatic heterocycles. The summed E-state index contributed by atoms with van der Waals surface area (Å²) >= 11 is 4.22. The van der Waals surface area contributed by atoms with Gasteiger partial charge in [-0.05, 0) is 31.6 Å². The summed E-state index contributed by atoms with van der Waals surface area (Å²) < 4.78 is 10.2. The summed E-state index contributed by atoms with van der Waals surface area (Å²) in [7, 11) is 3.51. The van der Waals surface area contributed by atoms with Crippen LogP contribution >= 0.6 is 12.6 Å². The van der Waals surface area contributed by atoms with Crippen molar-refractivity contribution in [2.75, 3.05) is 52.8 Å². The molecule has 0 spiro atoms. The lowest BCUT2D eigenvalue weighted by Crippen LogP contribution is -2.30. The molecule has 0 aromatic carbocycles. The van der Waals surface area contributed by atoms with Crippen LogP contribution < -0.4 is 0 Å². The molecule has 0 radical (unpaired) electrons. The van der Waals surface area contributed by atoms with Gasteiger partial charge in [0.2, 0.25) is 0 Å². The number of hydrogen-bond acceptors (Lipinski definition) is 4. The monoisotopic (exact) mass is 249 g/mol. The number of unbranched alkanes of at least 4 members (excludes halogenated alkanes) is 2. The Labute approximate surface area is 106 Å². The predicted molar refractivity (Wildman–Crippen MR) is 72.5 cm³/mol. The molecular formula is C12H27NO2S. The zero-order valence-corrected chi connectivity index (χ0v) is 11.7. The van der Waals surface area contributed by atoms with Crippen molar-refractivity contribution in [1.82, 2.24) is 4.90 Å². The smallest absolute Gasteiger partial charge is 0.0589 e. The van der Waals surface area contributed by atoms with Crippen LogP contribution in [0.3, 0.4) is 0 Å². The van der Waals surface area contributed by atoms with Crippen LogP contribution in [-0.4, -0.2) is 57.7 Å². The first-order valence-electron chi connectivity index (χ1n) is 6.16. The van der Waals surface area contributed by atoms with Gasteiger partial charge >= 0.3 is 0 Å². The van der Waals surface area contributed by atoms with E-state index in [-0.39, 0.29) is 0 Å². The average molecular weight is 249 g/mol. The second-order valence-electron chi connectivity index (χ2n) is 3.97. The Hall–Kier alpha value is 0.230. The first kappa shape index (κ1) is 16.2. The Morgan fingerprint density at radius 3 is 2.12 bits per heavy atom. The largest absolute Gasteiger partial charge is 0.385 e. The van der Waals surface area contributed by atoms with Gasteiger partial charge in [0.1, 0.15) is 0 Å². The van der Waals surface area contributed by atoms with E-state index in [0.717, 1.165) is 38.5 Å². The molecule has 0 N–H and O–H groups in total. The number of nitrogens with zero attached hydrogens (tertiary/aromatic N) is 1. The van der Waals surface area contributed by atoms with E-state index in [2.05, 4.69) is 17.5 Å². The van der Waals surface area contributed by atoms with Crippen molar-refractivity contribution < 1.29 is 9.47 Å². The molecule has 0 aromatic heterocycles. The van der Waals surface area contributed by atoms with Gasteiger partial charge in [0, 0.05) is 33.9 Å². The van der Waals surface area contributed by atoms with Gasteiger partial charge in [-0.3, -0.25) is 0 Å². The van der Waals surface area contributed by atoms with Crippen molar-refractivity contribution in [3.63, 3.8) is 0 Å². The molecule has 0 aromatic rings. The summed E-state index contributed by atoms with van der Waals surface area (Å²) in [5, 5.41) is 0. The minimum Gasteiger partial charge on any atom is -0.385 e. The van der Waals surface area contributed by atoms with Crippen molar-refractivity contribution in [3.8, 4) is 0 Å². The third kappa shape index (κ3) is 10.7. The molecule has 3 nitrogen and oxygen atoms in total. The molecule has 0 heterocycles. The van der Waals surface area contributed by atoms with Crippen LogP contribution in [0.1, 0.15) is 25.7 Å².